The number of hydrogen-bond acceptors (Lipinski definition) is 4. The highest BCUT2D eigenvalue weighted by atomic mass is 16.5. The van der Waals surface area contributed by atoms with Crippen LogP contribution >= 0.6 is 0 Å². The summed E-state index contributed by atoms with van der Waals surface area (Å²) in [6, 6.07) is 3.81. The van der Waals surface area contributed by atoms with E-state index in [9.17, 15) is 9.59 Å². The van der Waals surface area contributed by atoms with E-state index in [0.717, 1.165) is 24.1 Å². The number of rotatable bonds is 3. The number of aryl methyl sites for hydroxylation is 1. The average Bonchev–Trinajstić information content (AvgIpc) is 2.49. The topological polar surface area (TPSA) is 59.5 Å². The van der Waals surface area contributed by atoms with Gasteiger partial charge in [-0.2, -0.15) is 0 Å². The van der Waals surface area contributed by atoms with Crippen LogP contribution < -0.4 is 0 Å². The minimum Gasteiger partial charge on any atom is -0.469 e. The molecule has 1 atom stereocenters. The molecule has 1 aliphatic heterocycles. The Morgan fingerprint density at radius 1 is 1.50 bits per heavy atom. The lowest BCUT2D eigenvalue weighted by atomic mass is 9.97. The van der Waals surface area contributed by atoms with E-state index in [2.05, 4.69) is 4.98 Å². The molecular weight excluding hydrogens is 256 g/mol. The summed E-state index contributed by atoms with van der Waals surface area (Å²) in [5.41, 5.74) is 1.82. The van der Waals surface area contributed by atoms with Gasteiger partial charge in [0.15, 0.2) is 0 Å². The lowest BCUT2D eigenvalue weighted by Crippen LogP contribution is -2.43. The van der Waals surface area contributed by atoms with Crippen LogP contribution in [0.2, 0.25) is 0 Å². The van der Waals surface area contributed by atoms with E-state index in [4.69, 9.17) is 4.74 Å². The van der Waals surface area contributed by atoms with E-state index in [0.29, 0.717) is 19.5 Å². The normalized spacial score (nSPS) is 18.7. The smallest absolute Gasteiger partial charge is 0.310 e. The molecule has 1 aliphatic rings. The molecule has 0 saturated carbocycles. The van der Waals surface area contributed by atoms with Crippen LogP contribution in [0.4, 0.5) is 0 Å². The Hall–Kier alpha value is -1.91. The number of esters is 1. The van der Waals surface area contributed by atoms with Gasteiger partial charge in [-0.25, -0.2) is 0 Å². The van der Waals surface area contributed by atoms with Gasteiger partial charge >= 0.3 is 5.97 Å². The summed E-state index contributed by atoms with van der Waals surface area (Å²) in [6.45, 7) is 3.11. The first-order valence-corrected chi connectivity index (χ1v) is 6.88. The second kappa shape index (κ2) is 6.50. The van der Waals surface area contributed by atoms with Crippen LogP contribution in [0.3, 0.4) is 0 Å². The summed E-state index contributed by atoms with van der Waals surface area (Å²) in [6.07, 6.45) is 3.62. The number of hydrogen-bond donors (Lipinski definition) is 0. The van der Waals surface area contributed by atoms with E-state index in [1.54, 1.807) is 11.1 Å². The fourth-order valence-corrected chi connectivity index (χ4v) is 2.52. The largest absolute Gasteiger partial charge is 0.469 e. The molecule has 108 valence electrons. The van der Waals surface area contributed by atoms with E-state index in [-0.39, 0.29) is 17.8 Å². The van der Waals surface area contributed by atoms with Crippen LogP contribution in [0.1, 0.15) is 24.1 Å². The lowest BCUT2D eigenvalue weighted by Gasteiger charge is -2.31. The molecule has 1 unspecified atom stereocenters. The highest BCUT2D eigenvalue weighted by Gasteiger charge is 2.29. The van der Waals surface area contributed by atoms with Crippen molar-refractivity contribution in [3.05, 3.63) is 29.6 Å². The quantitative estimate of drug-likeness (QED) is 0.782. The molecule has 0 aromatic carbocycles. The van der Waals surface area contributed by atoms with E-state index < -0.39 is 0 Å². The maximum Gasteiger partial charge on any atom is 0.310 e. The van der Waals surface area contributed by atoms with E-state index in [1.165, 1.54) is 7.11 Å². The van der Waals surface area contributed by atoms with E-state index >= 15 is 0 Å². The maximum absolute atomic E-state index is 12.3. The van der Waals surface area contributed by atoms with Crippen LogP contribution in [0.15, 0.2) is 18.3 Å². The summed E-state index contributed by atoms with van der Waals surface area (Å²) >= 11 is 0. The van der Waals surface area contributed by atoms with Crippen molar-refractivity contribution < 1.29 is 14.3 Å². The van der Waals surface area contributed by atoms with Gasteiger partial charge in [-0.1, -0.05) is 6.07 Å². The highest BCUT2D eigenvalue weighted by Crippen LogP contribution is 2.18. The predicted molar refractivity (Wildman–Crippen MR) is 74.0 cm³/mol. The van der Waals surface area contributed by atoms with E-state index in [1.807, 2.05) is 19.1 Å². The number of likely N-dealkylation sites (tertiary alicyclic amines) is 1. The number of carbonyl (C=O) groups is 2. The summed E-state index contributed by atoms with van der Waals surface area (Å²) in [7, 11) is 1.39. The number of ether oxygens (including phenoxy) is 1. The molecule has 0 N–H and O–H groups in total. The van der Waals surface area contributed by atoms with Gasteiger partial charge in [-0.15, -0.1) is 0 Å². The molecule has 1 aromatic heterocycles. The Kier molecular flexibility index (Phi) is 4.71. The first-order chi connectivity index (χ1) is 9.61. The van der Waals surface area contributed by atoms with Crippen molar-refractivity contribution in [2.24, 2.45) is 5.92 Å². The zero-order valence-corrected chi connectivity index (χ0v) is 12.0. The third-order valence-corrected chi connectivity index (χ3v) is 3.75. The Balaban J connectivity index is 1.99. The average molecular weight is 276 g/mol. The van der Waals surface area contributed by atoms with Gasteiger partial charge in [0, 0.05) is 19.3 Å². The van der Waals surface area contributed by atoms with Crippen LogP contribution in [0, 0.1) is 12.8 Å². The van der Waals surface area contributed by atoms with Crippen molar-refractivity contribution in [1.29, 1.82) is 0 Å². The predicted octanol–water partition coefficient (Wildman–Crippen LogP) is 1.34. The molecular formula is C15H20N2O3. The van der Waals surface area contributed by atoms with Crippen molar-refractivity contribution in [2.75, 3.05) is 20.2 Å². The first kappa shape index (κ1) is 14.5. The van der Waals surface area contributed by atoms with Gasteiger partial charge in [0.1, 0.15) is 0 Å². The minimum absolute atomic E-state index is 0.0282. The Morgan fingerprint density at radius 3 is 3.00 bits per heavy atom. The number of pyridine rings is 1. The second-order valence-electron chi connectivity index (χ2n) is 5.15. The number of nitrogens with zero attached hydrogens (tertiary/aromatic N) is 2. The second-order valence-corrected chi connectivity index (χ2v) is 5.15. The van der Waals surface area contributed by atoms with Gasteiger partial charge in [-0.05, 0) is 31.4 Å². The molecule has 1 amide bonds. The summed E-state index contributed by atoms with van der Waals surface area (Å²) < 4.78 is 4.77. The maximum atomic E-state index is 12.3. The van der Waals surface area contributed by atoms with Crippen LogP contribution in [-0.4, -0.2) is 42.0 Å². The number of amides is 1. The molecule has 0 spiro atoms. The van der Waals surface area contributed by atoms with Crippen LogP contribution in [0.25, 0.3) is 0 Å². The molecule has 0 radical (unpaired) electrons. The summed E-state index contributed by atoms with van der Waals surface area (Å²) in [5, 5.41) is 0. The monoisotopic (exact) mass is 276 g/mol. The van der Waals surface area contributed by atoms with Crippen molar-refractivity contribution in [2.45, 2.75) is 26.2 Å². The molecule has 1 aromatic rings. The number of piperidine rings is 1. The van der Waals surface area contributed by atoms with Crippen LogP contribution in [-0.2, 0) is 20.7 Å². The molecule has 0 aliphatic carbocycles. The summed E-state index contributed by atoms with van der Waals surface area (Å²) in [5.74, 6) is -0.389. The molecule has 20 heavy (non-hydrogen) atoms. The SMILES string of the molecule is COC(=O)C1CCCN(C(=O)Cc2ncccc2C)C1. The molecule has 2 rings (SSSR count). The third-order valence-electron chi connectivity index (χ3n) is 3.75. The van der Waals surface area contributed by atoms with Crippen molar-refractivity contribution in [3.8, 4) is 0 Å². The van der Waals surface area contributed by atoms with Gasteiger partial charge in [0.2, 0.25) is 5.91 Å². The highest BCUT2D eigenvalue weighted by molar-refractivity contribution is 5.80. The van der Waals surface area contributed by atoms with Gasteiger partial charge in [0.05, 0.1) is 25.1 Å². The fourth-order valence-electron chi connectivity index (χ4n) is 2.52. The van der Waals surface area contributed by atoms with Gasteiger partial charge < -0.3 is 9.64 Å². The summed E-state index contributed by atoms with van der Waals surface area (Å²) in [4.78, 5) is 29.9. The zero-order chi connectivity index (χ0) is 14.5. The van der Waals surface area contributed by atoms with Crippen LogP contribution in [0.5, 0.6) is 0 Å². The van der Waals surface area contributed by atoms with Gasteiger partial charge in [-0.3, -0.25) is 14.6 Å². The molecule has 5 nitrogen and oxygen atoms in total. The standard InChI is InChI=1S/C15H20N2O3/c1-11-5-3-7-16-13(11)9-14(18)17-8-4-6-12(10-17)15(19)20-2/h3,5,7,12H,4,6,8-10H2,1-2H3. The van der Waals surface area contributed by atoms with Crippen molar-refractivity contribution >= 4 is 11.9 Å². The molecule has 1 fully saturated rings. The first-order valence-electron chi connectivity index (χ1n) is 6.88. The molecule has 2 heterocycles. The minimum atomic E-state index is -0.225. The number of methoxy groups -OCH3 is 1. The molecule has 0 bridgehead atoms. The Bertz CT molecular complexity index is 502. The fraction of sp³-hybridized carbons (Fsp3) is 0.533. The zero-order valence-electron chi connectivity index (χ0n) is 12.0. The van der Waals surface area contributed by atoms with Gasteiger partial charge in [0.25, 0.3) is 0 Å². The number of aromatic nitrogens is 1. The molecule has 5 heteroatoms. The van der Waals surface area contributed by atoms with Crippen molar-refractivity contribution in [3.63, 3.8) is 0 Å². The lowest BCUT2D eigenvalue weighted by molar-refractivity contribution is -0.148. The Labute approximate surface area is 118 Å². The molecule has 1 saturated heterocycles. The van der Waals surface area contributed by atoms with Crippen molar-refractivity contribution in [1.82, 2.24) is 9.88 Å². The third kappa shape index (κ3) is 3.35. The number of carbonyl (C=O) groups excluding carboxylic acids is 2. The Morgan fingerprint density at radius 2 is 2.30 bits per heavy atom.